The molecule has 4 rings (SSSR count). The summed E-state index contributed by atoms with van der Waals surface area (Å²) in [4.78, 5) is 24.1. The van der Waals surface area contributed by atoms with Crippen LogP contribution in [0.15, 0.2) is 72.8 Å². The number of phenolic OH excluding ortho intramolecular Hbond substituents is 8. The average molecular weight is 492 g/mol. The van der Waals surface area contributed by atoms with E-state index >= 15 is 0 Å². The molecule has 0 spiro atoms. The summed E-state index contributed by atoms with van der Waals surface area (Å²) in [5, 5.41) is 74.9. The van der Waals surface area contributed by atoms with Crippen LogP contribution < -0.4 is 0 Å². The number of benzene rings is 4. The summed E-state index contributed by atoms with van der Waals surface area (Å²) in [5.41, 5.74) is -0.198. The fourth-order valence-corrected chi connectivity index (χ4v) is 3.09. The van der Waals surface area contributed by atoms with Crippen molar-refractivity contribution in [2.45, 2.75) is 0 Å². The molecule has 0 amide bonds. The van der Waals surface area contributed by atoms with Gasteiger partial charge in [-0.05, 0) is 60.7 Å². The Labute approximate surface area is 203 Å². The highest BCUT2D eigenvalue weighted by Crippen LogP contribution is 2.38. The zero-order chi connectivity index (χ0) is 26.6. The van der Waals surface area contributed by atoms with Crippen molar-refractivity contribution in [1.29, 1.82) is 0 Å². The van der Waals surface area contributed by atoms with Crippen LogP contribution in [0.4, 0.5) is 0 Å². The van der Waals surface area contributed by atoms with E-state index < -0.39 is 51.8 Å². The molecule has 0 aliphatic rings. The molecule has 10 heteroatoms. The first kappa shape index (κ1) is 25.2. The fourth-order valence-electron chi connectivity index (χ4n) is 3.09. The lowest BCUT2D eigenvalue weighted by atomic mass is 10.0. The van der Waals surface area contributed by atoms with E-state index in [0.29, 0.717) is 0 Å². The van der Waals surface area contributed by atoms with E-state index in [9.17, 15) is 40.2 Å². The van der Waals surface area contributed by atoms with Gasteiger partial charge in [0.1, 0.15) is 5.75 Å². The zero-order valence-electron chi connectivity index (χ0n) is 18.3. The van der Waals surface area contributed by atoms with Crippen molar-refractivity contribution in [2.75, 3.05) is 0 Å². The Bertz CT molecular complexity index is 1390. The highest BCUT2D eigenvalue weighted by molar-refractivity contribution is 6.13. The second-order valence-corrected chi connectivity index (χ2v) is 7.38. The van der Waals surface area contributed by atoms with Crippen molar-refractivity contribution in [1.82, 2.24) is 0 Å². The van der Waals surface area contributed by atoms with Gasteiger partial charge < -0.3 is 40.9 Å². The van der Waals surface area contributed by atoms with Crippen molar-refractivity contribution < 1.29 is 50.4 Å². The van der Waals surface area contributed by atoms with E-state index in [1.165, 1.54) is 66.7 Å². The van der Waals surface area contributed by atoms with Crippen LogP contribution in [-0.2, 0) is 0 Å². The van der Waals surface area contributed by atoms with Gasteiger partial charge in [-0.25, -0.2) is 0 Å². The Hall–Kier alpha value is -5.38. The first-order valence-electron chi connectivity index (χ1n) is 10.2. The van der Waals surface area contributed by atoms with Crippen LogP contribution in [0.5, 0.6) is 46.0 Å². The second kappa shape index (κ2) is 10.3. The summed E-state index contributed by atoms with van der Waals surface area (Å²) in [7, 11) is 0. The summed E-state index contributed by atoms with van der Waals surface area (Å²) in [6.45, 7) is 0. The number of aromatic hydroxyl groups is 8. The molecule has 36 heavy (non-hydrogen) atoms. The SMILES string of the molecule is O=C(c1ccc(O)cc1)c1ccc(O)c(O)c1O.O=C(c1cccc(O)c1O)c1cccc(O)c1O. The number of hydrogen-bond acceptors (Lipinski definition) is 10. The molecule has 0 heterocycles. The van der Waals surface area contributed by atoms with Crippen molar-refractivity contribution in [3.05, 3.63) is 95.1 Å². The quantitative estimate of drug-likeness (QED) is 0.154. The van der Waals surface area contributed by atoms with E-state index in [1.807, 2.05) is 0 Å². The van der Waals surface area contributed by atoms with Crippen molar-refractivity contribution in [2.24, 2.45) is 0 Å². The minimum atomic E-state index is -0.736. The highest BCUT2D eigenvalue weighted by Gasteiger charge is 2.20. The molecule has 8 N–H and O–H groups in total. The van der Waals surface area contributed by atoms with Crippen LogP contribution in [0.3, 0.4) is 0 Å². The number of hydrogen-bond donors (Lipinski definition) is 8. The lowest BCUT2D eigenvalue weighted by molar-refractivity contribution is 0.102. The van der Waals surface area contributed by atoms with E-state index in [0.717, 1.165) is 6.07 Å². The molecule has 0 saturated heterocycles. The van der Waals surface area contributed by atoms with E-state index in [-0.39, 0.29) is 28.0 Å². The Morgan fingerprint density at radius 3 is 1.36 bits per heavy atom. The lowest BCUT2D eigenvalue weighted by Gasteiger charge is -2.07. The Balaban J connectivity index is 0.000000201. The minimum Gasteiger partial charge on any atom is -0.508 e. The molecule has 0 bridgehead atoms. The van der Waals surface area contributed by atoms with E-state index in [2.05, 4.69) is 0 Å². The molecule has 10 nitrogen and oxygen atoms in total. The maximum absolute atomic E-state index is 12.1. The number of carbonyl (C=O) groups is 2. The van der Waals surface area contributed by atoms with Crippen LogP contribution >= 0.6 is 0 Å². The van der Waals surface area contributed by atoms with Crippen LogP contribution in [-0.4, -0.2) is 52.4 Å². The fraction of sp³-hybridized carbons (Fsp3) is 0. The summed E-state index contributed by atoms with van der Waals surface area (Å²) in [5.74, 6) is -5.11. The predicted octanol–water partition coefficient (Wildman–Crippen LogP) is 3.48. The number of ketones is 2. The topological polar surface area (TPSA) is 196 Å². The maximum atomic E-state index is 12.1. The summed E-state index contributed by atoms with van der Waals surface area (Å²) in [6, 6.07) is 15.6. The number of phenols is 8. The Morgan fingerprint density at radius 1 is 0.417 bits per heavy atom. The molecule has 0 aliphatic carbocycles. The van der Waals surface area contributed by atoms with E-state index in [1.54, 1.807) is 0 Å². The molecule has 0 radical (unpaired) electrons. The van der Waals surface area contributed by atoms with Gasteiger partial charge in [0.2, 0.25) is 11.5 Å². The van der Waals surface area contributed by atoms with Crippen molar-refractivity contribution in [3.63, 3.8) is 0 Å². The van der Waals surface area contributed by atoms with Gasteiger partial charge in [0, 0.05) is 5.56 Å². The van der Waals surface area contributed by atoms with Crippen molar-refractivity contribution in [3.8, 4) is 46.0 Å². The second-order valence-electron chi connectivity index (χ2n) is 7.38. The highest BCUT2D eigenvalue weighted by atomic mass is 16.3. The molecular formula is C26H20O10. The largest absolute Gasteiger partial charge is 0.508 e. The zero-order valence-corrected chi connectivity index (χ0v) is 18.3. The Morgan fingerprint density at radius 2 is 0.861 bits per heavy atom. The molecule has 0 aliphatic heterocycles. The van der Waals surface area contributed by atoms with Crippen LogP contribution in [0, 0.1) is 0 Å². The van der Waals surface area contributed by atoms with Gasteiger partial charge in [-0.3, -0.25) is 9.59 Å². The summed E-state index contributed by atoms with van der Waals surface area (Å²) >= 11 is 0. The normalized spacial score (nSPS) is 10.2. The molecule has 0 aromatic heterocycles. The lowest BCUT2D eigenvalue weighted by Crippen LogP contribution is -2.02. The number of carbonyl (C=O) groups excluding carboxylic acids is 2. The first-order valence-corrected chi connectivity index (χ1v) is 10.2. The number of rotatable bonds is 4. The molecule has 0 unspecified atom stereocenters. The standard InChI is InChI=1S/2C13H10O5/c14-8-3-1-7(2-4-8)11(16)9-5-6-10(15)13(18)12(9)17;14-9-5-1-3-7(12(9)17)11(16)8-4-2-6-10(15)13(8)18/h2*1-6,14-15,17-18H. The number of para-hydroxylation sites is 2. The van der Waals surface area contributed by atoms with Crippen LogP contribution in [0.1, 0.15) is 31.8 Å². The molecule has 0 saturated carbocycles. The third-order valence-electron chi connectivity index (χ3n) is 5.02. The van der Waals surface area contributed by atoms with Gasteiger partial charge in [0.25, 0.3) is 0 Å². The van der Waals surface area contributed by atoms with Gasteiger partial charge in [-0.15, -0.1) is 0 Å². The Kier molecular flexibility index (Phi) is 7.20. The molecular weight excluding hydrogens is 472 g/mol. The molecule has 0 atom stereocenters. The maximum Gasteiger partial charge on any atom is 0.201 e. The minimum absolute atomic E-state index is 0.0179. The molecule has 4 aromatic carbocycles. The summed E-state index contributed by atoms with van der Waals surface area (Å²) in [6.07, 6.45) is 0. The average Bonchev–Trinajstić information content (AvgIpc) is 2.86. The van der Waals surface area contributed by atoms with Crippen LogP contribution in [0.25, 0.3) is 0 Å². The van der Waals surface area contributed by atoms with Gasteiger partial charge >= 0.3 is 0 Å². The smallest absolute Gasteiger partial charge is 0.201 e. The predicted molar refractivity (Wildman–Crippen MR) is 126 cm³/mol. The third-order valence-corrected chi connectivity index (χ3v) is 5.02. The van der Waals surface area contributed by atoms with Gasteiger partial charge in [-0.2, -0.15) is 0 Å². The van der Waals surface area contributed by atoms with Gasteiger partial charge in [0.15, 0.2) is 40.3 Å². The van der Waals surface area contributed by atoms with Crippen molar-refractivity contribution >= 4 is 11.6 Å². The van der Waals surface area contributed by atoms with Gasteiger partial charge in [0.05, 0.1) is 16.7 Å². The third kappa shape index (κ3) is 5.07. The molecule has 4 aromatic rings. The van der Waals surface area contributed by atoms with Crippen LogP contribution in [0.2, 0.25) is 0 Å². The summed E-state index contributed by atoms with van der Waals surface area (Å²) < 4.78 is 0. The molecule has 0 fully saturated rings. The monoisotopic (exact) mass is 492 g/mol. The van der Waals surface area contributed by atoms with Gasteiger partial charge in [-0.1, -0.05) is 12.1 Å². The first-order chi connectivity index (χ1) is 17.0. The molecule has 184 valence electrons. The van der Waals surface area contributed by atoms with E-state index in [4.69, 9.17) is 10.2 Å².